The molecular weight excluding hydrogens is 590 g/mol. The molecule has 0 aliphatic carbocycles. The summed E-state index contributed by atoms with van der Waals surface area (Å²) < 4.78 is 9.29. The van der Waals surface area contributed by atoms with E-state index in [1.807, 2.05) is 6.07 Å². The van der Waals surface area contributed by atoms with E-state index in [9.17, 15) is 0 Å². The van der Waals surface area contributed by atoms with Crippen LogP contribution in [0.2, 0.25) is 5.15 Å². The van der Waals surface area contributed by atoms with E-state index in [1.165, 1.54) is 3.57 Å². The van der Waals surface area contributed by atoms with Crippen LogP contribution in [0.5, 0.6) is 5.75 Å². The molecule has 0 N–H and O–H groups in total. The maximum Gasteiger partial charge on any atom is 0.146 e. The van der Waals surface area contributed by atoms with Crippen molar-refractivity contribution in [2.45, 2.75) is 6.61 Å². The summed E-state index contributed by atoms with van der Waals surface area (Å²) in [4.78, 5) is 4.03. The maximum atomic E-state index is 5.85. The lowest BCUT2D eigenvalue weighted by Gasteiger charge is -2.10. The molecular formula is C12H7ClI3NO. The molecule has 18 heavy (non-hydrogen) atoms. The van der Waals surface area contributed by atoms with Crippen molar-refractivity contribution >= 4 is 79.4 Å². The van der Waals surface area contributed by atoms with Crippen molar-refractivity contribution < 1.29 is 4.74 Å². The molecule has 1 heterocycles. The van der Waals surface area contributed by atoms with Gasteiger partial charge in [0.15, 0.2) is 0 Å². The second kappa shape index (κ2) is 6.89. The monoisotopic (exact) mass is 597 g/mol. The van der Waals surface area contributed by atoms with Gasteiger partial charge in [0.1, 0.15) is 17.5 Å². The number of ether oxygens (including phenoxy) is 1. The van der Waals surface area contributed by atoms with Crippen LogP contribution < -0.4 is 4.74 Å². The summed E-state index contributed by atoms with van der Waals surface area (Å²) >= 11 is 12.6. The number of aromatic nitrogens is 1. The zero-order chi connectivity index (χ0) is 13.1. The highest BCUT2D eigenvalue weighted by molar-refractivity contribution is 14.1. The SMILES string of the molecule is Clc1ccc(COc2c(I)cc(I)cc2I)cn1. The largest absolute Gasteiger partial charge is 0.487 e. The summed E-state index contributed by atoms with van der Waals surface area (Å²) in [6.07, 6.45) is 1.73. The third-order valence-electron chi connectivity index (χ3n) is 2.13. The van der Waals surface area contributed by atoms with Crippen molar-refractivity contribution in [3.63, 3.8) is 0 Å². The molecule has 0 aliphatic heterocycles. The molecule has 1 aromatic heterocycles. The number of benzene rings is 1. The Morgan fingerprint density at radius 2 is 1.78 bits per heavy atom. The van der Waals surface area contributed by atoms with E-state index >= 15 is 0 Å². The fraction of sp³-hybridized carbons (Fsp3) is 0.0833. The van der Waals surface area contributed by atoms with Crippen molar-refractivity contribution in [3.8, 4) is 5.75 Å². The third kappa shape index (κ3) is 4.07. The number of halogens is 4. The van der Waals surface area contributed by atoms with Gasteiger partial charge in [0.05, 0.1) is 7.14 Å². The van der Waals surface area contributed by atoms with Gasteiger partial charge in [-0.25, -0.2) is 4.98 Å². The molecule has 2 nitrogen and oxygen atoms in total. The summed E-state index contributed by atoms with van der Waals surface area (Å²) in [5.41, 5.74) is 1.00. The zero-order valence-corrected chi connectivity index (χ0v) is 16.2. The van der Waals surface area contributed by atoms with Crippen LogP contribution in [0.1, 0.15) is 5.56 Å². The van der Waals surface area contributed by atoms with Crippen LogP contribution in [0.25, 0.3) is 0 Å². The smallest absolute Gasteiger partial charge is 0.146 e. The van der Waals surface area contributed by atoms with Gasteiger partial charge in [-0.1, -0.05) is 17.7 Å². The van der Waals surface area contributed by atoms with Crippen LogP contribution >= 0.6 is 79.4 Å². The van der Waals surface area contributed by atoms with Gasteiger partial charge in [-0.2, -0.15) is 0 Å². The van der Waals surface area contributed by atoms with Gasteiger partial charge in [0, 0.05) is 15.3 Å². The van der Waals surface area contributed by atoms with Crippen molar-refractivity contribution in [2.24, 2.45) is 0 Å². The van der Waals surface area contributed by atoms with E-state index in [4.69, 9.17) is 16.3 Å². The molecule has 2 aromatic rings. The minimum absolute atomic E-state index is 0.497. The predicted molar refractivity (Wildman–Crippen MR) is 98.2 cm³/mol. The standard InChI is InChI=1S/C12H7ClI3NO/c13-11-2-1-7(5-17-11)6-18-12-9(15)3-8(14)4-10(12)16/h1-5H,6H2. The van der Waals surface area contributed by atoms with Crippen LogP contribution in [-0.2, 0) is 6.61 Å². The Hall–Kier alpha value is 0.650. The van der Waals surface area contributed by atoms with E-state index in [-0.39, 0.29) is 0 Å². The van der Waals surface area contributed by atoms with Gasteiger partial charge in [0.2, 0.25) is 0 Å². The van der Waals surface area contributed by atoms with Crippen LogP contribution in [-0.4, -0.2) is 4.98 Å². The first kappa shape index (κ1) is 15.0. The second-order valence-electron chi connectivity index (χ2n) is 3.48. The predicted octanol–water partition coefficient (Wildman–Crippen LogP) is 5.13. The number of nitrogens with zero attached hydrogens (tertiary/aromatic N) is 1. The number of pyridine rings is 1. The first-order valence-corrected chi connectivity index (χ1v) is 8.55. The van der Waals surface area contributed by atoms with E-state index in [2.05, 4.69) is 84.9 Å². The first-order chi connectivity index (χ1) is 8.56. The highest BCUT2D eigenvalue weighted by Crippen LogP contribution is 2.30. The molecule has 0 unspecified atom stereocenters. The Morgan fingerprint density at radius 3 is 2.33 bits per heavy atom. The molecule has 0 spiro atoms. The summed E-state index contributed by atoms with van der Waals surface area (Å²) in [5.74, 6) is 0.923. The average Bonchev–Trinajstić information content (AvgIpc) is 2.30. The van der Waals surface area contributed by atoms with E-state index < -0.39 is 0 Å². The van der Waals surface area contributed by atoms with Crippen molar-refractivity contribution in [1.29, 1.82) is 0 Å². The second-order valence-corrected chi connectivity index (χ2v) is 7.43. The fourth-order valence-corrected chi connectivity index (χ4v) is 5.32. The van der Waals surface area contributed by atoms with Crippen molar-refractivity contribution in [3.05, 3.63) is 51.9 Å². The molecule has 0 bridgehead atoms. The zero-order valence-electron chi connectivity index (χ0n) is 8.96. The Balaban J connectivity index is 2.13. The third-order valence-corrected chi connectivity index (χ3v) is 4.58. The molecule has 0 radical (unpaired) electrons. The molecule has 2 rings (SSSR count). The molecule has 94 valence electrons. The minimum Gasteiger partial charge on any atom is -0.487 e. The molecule has 0 saturated carbocycles. The Labute approximate surface area is 151 Å². The quantitative estimate of drug-likeness (QED) is 0.362. The lowest BCUT2D eigenvalue weighted by molar-refractivity contribution is 0.301. The molecule has 6 heteroatoms. The van der Waals surface area contributed by atoms with Gasteiger partial charge in [-0.3, -0.25) is 0 Å². The van der Waals surface area contributed by atoms with Crippen LogP contribution in [0.3, 0.4) is 0 Å². The molecule has 1 aromatic carbocycles. The number of hydrogen-bond donors (Lipinski definition) is 0. The molecule has 0 atom stereocenters. The summed E-state index contributed by atoms with van der Waals surface area (Å²) in [5, 5.41) is 0.497. The van der Waals surface area contributed by atoms with Crippen molar-refractivity contribution in [2.75, 3.05) is 0 Å². The number of rotatable bonds is 3. The van der Waals surface area contributed by atoms with E-state index in [1.54, 1.807) is 12.3 Å². The molecule has 0 aliphatic rings. The topological polar surface area (TPSA) is 22.1 Å². The highest BCUT2D eigenvalue weighted by Gasteiger charge is 2.08. The minimum atomic E-state index is 0.497. The van der Waals surface area contributed by atoms with Crippen LogP contribution in [0.15, 0.2) is 30.5 Å². The van der Waals surface area contributed by atoms with Gasteiger partial charge in [-0.15, -0.1) is 0 Å². The van der Waals surface area contributed by atoms with Gasteiger partial charge in [0.25, 0.3) is 0 Å². The normalized spacial score (nSPS) is 10.4. The number of hydrogen-bond acceptors (Lipinski definition) is 2. The molecule has 0 amide bonds. The fourth-order valence-electron chi connectivity index (χ4n) is 1.31. The van der Waals surface area contributed by atoms with Gasteiger partial charge < -0.3 is 4.74 Å². The lowest BCUT2D eigenvalue weighted by Crippen LogP contribution is -2.00. The summed E-state index contributed by atoms with van der Waals surface area (Å²) in [7, 11) is 0. The average molecular weight is 597 g/mol. The van der Waals surface area contributed by atoms with Crippen LogP contribution in [0.4, 0.5) is 0 Å². The summed E-state index contributed by atoms with van der Waals surface area (Å²) in [6.45, 7) is 0.497. The molecule has 0 fully saturated rings. The Morgan fingerprint density at radius 1 is 1.11 bits per heavy atom. The van der Waals surface area contributed by atoms with Crippen LogP contribution in [0, 0.1) is 10.7 Å². The van der Waals surface area contributed by atoms with Gasteiger partial charge in [-0.05, 0) is 86.0 Å². The highest BCUT2D eigenvalue weighted by atomic mass is 127. The van der Waals surface area contributed by atoms with Crippen molar-refractivity contribution in [1.82, 2.24) is 4.98 Å². The van der Waals surface area contributed by atoms with E-state index in [0.717, 1.165) is 18.5 Å². The Bertz CT molecular complexity index is 537. The van der Waals surface area contributed by atoms with E-state index in [0.29, 0.717) is 11.8 Å². The first-order valence-electron chi connectivity index (χ1n) is 4.94. The maximum absolute atomic E-state index is 5.85. The summed E-state index contributed by atoms with van der Waals surface area (Å²) in [6, 6.07) is 7.88. The lowest BCUT2D eigenvalue weighted by atomic mass is 10.3. The Kier molecular flexibility index (Phi) is 5.76. The molecule has 0 saturated heterocycles. The van der Waals surface area contributed by atoms with Gasteiger partial charge >= 0.3 is 0 Å².